The van der Waals surface area contributed by atoms with E-state index in [9.17, 15) is 0 Å². The summed E-state index contributed by atoms with van der Waals surface area (Å²) in [6.07, 6.45) is 0. The molecule has 2 rings (SSSR count). The maximum Gasteiger partial charge on any atom is 0.113 e. The molecule has 1 heteroatoms. The van der Waals surface area contributed by atoms with Gasteiger partial charge in [-0.15, -0.1) is 0 Å². The number of hydrogen-bond donors (Lipinski definition) is 0. The van der Waals surface area contributed by atoms with Gasteiger partial charge < -0.3 is 0 Å². The Kier molecular flexibility index (Phi) is 3.03. The van der Waals surface area contributed by atoms with Gasteiger partial charge in [-0.3, -0.25) is 0 Å². The van der Waals surface area contributed by atoms with Gasteiger partial charge in [0.15, 0.2) is 0 Å². The van der Waals surface area contributed by atoms with Crippen LogP contribution < -0.4 is 0 Å². The van der Waals surface area contributed by atoms with Crippen molar-refractivity contribution < 1.29 is 0 Å². The summed E-state index contributed by atoms with van der Waals surface area (Å²) in [7, 11) is 0. The predicted octanol–water partition coefficient (Wildman–Crippen LogP) is 3.10. The maximum absolute atomic E-state index is 4.34. The van der Waals surface area contributed by atoms with Gasteiger partial charge in [0.2, 0.25) is 0 Å². The van der Waals surface area contributed by atoms with Gasteiger partial charge in [-0.25, -0.2) is 4.98 Å². The Bertz CT molecular complexity index is 509. The zero-order valence-electron chi connectivity index (χ0n) is 9.49. The molecule has 0 fully saturated rings. The van der Waals surface area contributed by atoms with Crippen molar-refractivity contribution in [2.75, 3.05) is 0 Å². The molecule has 2 aromatic rings. The van der Waals surface area contributed by atoms with Crippen LogP contribution in [0.2, 0.25) is 0 Å². The standard InChI is InChI=1S/C15H13N/c1-12-5-3-7-14(11-12)9-10-15-8-4-6-13(2)16-15/h3-8,11H,1-2H3. The molecule has 0 saturated heterocycles. The third-order valence-electron chi connectivity index (χ3n) is 2.24. The molecule has 0 radical (unpaired) electrons. The van der Waals surface area contributed by atoms with Crippen LogP contribution in [0.4, 0.5) is 0 Å². The Hall–Kier alpha value is -2.07. The minimum atomic E-state index is 0.821. The van der Waals surface area contributed by atoms with Crippen molar-refractivity contribution in [3.8, 4) is 11.8 Å². The molecule has 0 amide bonds. The summed E-state index contributed by atoms with van der Waals surface area (Å²) in [5, 5.41) is 0. The Labute approximate surface area is 96.2 Å². The van der Waals surface area contributed by atoms with Crippen molar-refractivity contribution in [1.82, 2.24) is 4.98 Å². The third kappa shape index (κ3) is 2.71. The van der Waals surface area contributed by atoms with E-state index in [1.54, 1.807) is 0 Å². The highest BCUT2D eigenvalue weighted by Gasteiger charge is 1.90. The fourth-order valence-electron chi connectivity index (χ4n) is 1.47. The highest BCUT2D eigenvalue weighted by atomic mass is 14.7. The molecular weight excluding hydrogens is 194 g/mol. The zero-order chi connectivity index (χ0) is 11.4. The van der Waals surface area contributed by atoms with Gasteiger partial charge in [-0.2, -0.15) is 0 Å². The Balaban J connectivity index is 2.28. The maximum atomic E-state index is 4.34. The van der Waals surface area contributed by atoms with E-state index in [1.165, 1.54) is 5.56 Å². The molecule has 0 unspecified atom stereocenters. The molecule has 0 aliphatic rings. The second-order valence-electron chi connectivity index (χ2n) is 3.78. The van der Waals surface area contributed by atoms with Crippen LogP contribution in [0.5, 0.6) is 0 Å². The molecule has 16 heavy (non-hydrogen) atoms. The van der Waals surface area contributed by atoms with Crippen LogP contribution in [-0.2, 0) is 0 Å². The monoisotopic (exact) mass is 207 g/mol. The third-order valence-corrected chi connectivity index (χ3v) is 2.24. The van der Waals surface area contributed by atoms with E-state index in [-0.39, 0.29) is 0 Å². The number of aromatic nitrogens is 1. The summed E-state index contributed by atoms with van der Waals surface area (Å²) in [6.45, 7) is 4.04. The second kappa shape index (κ2) is 4.63. The number of aryl methyl sites for hydroxylation is 2. The lowest BCUT2D eigenvalue weighted by atomic mass is 10.1. The lowest BCUT2D eigenvalue weighted by molar-refractivity contribution is 1.18. The van der Waals surface area contributed by atoms with E-state index in [0.29, 0.717) is 0 Å². The average molecular weight is 207 g/mol. The van der Waals surface area contributed by atoms with Crippen molar-refractivity contribution >= 4 is 0 Å². The van der Waals surface area contributed by atoms with Gasteiger partial charge in [0.25, 0.3) is 0 Å². The van der Waals surface area contributed by atoms with E-state index in [2.05, 4.69) is 35.9 Å². The summed E-state index contributed by atoms with van der Waals surface area (Å²) in [5.41, 5.74) is 4.07. The largest absolute Gasteiger partial charge is 0.245 e. The minimum absolute atomic E-state index is 0.821. The SMILES string of the molecule is Cc1cccc(C#Cc2cccc(C)n2)c1. The van der Waals surface area contributed by atoms with Crippen LogP contribution in [0.25, 0.3) is 0 Å². The summed E-state index contributed by atoms with van der Waals surface area (Å²) < 4.78 is 0. The molecule has 0 bridgehead atoms. The van der Waals surface area contributed by atoms with Crippen molar-refractivity contribution in [3.63, 3.8) is 0 Å². The molecule has 0 saturated carbocycles. The molecule has 0 aliphatic heterocycles. The number of benzene rings is 1. The van der Waals surface area contributed by atoms with Crippen LogP contribution in [0.3, 0.4) is 0 Å². The van der Waals surface area contributed by atoms with Crippen molar-refractivity contribution in [2.45, 2.75) is 13.8 Å². The minimum Gasteiger partial charge on any atom is -0.245 e. The molecule has 1 nitrogen and oxygen atoms in total. The van der Waals surface area contributed by atoms with Crippen LogP contribution in [-0.4, -0.2) is 4.98 Å². The lowest BCUT2D eigenvalue weighted by Crippen LogP contribution is -1.85. The number of pyridine rings is 1. The summed E-state index contributed by atoms with van der Waals surface area (Å²) >= 11 is 0. The summed E-state index contributed by atoms with van der Waals surface area (Å²) in [4.78, 5) is 4.34. The lowest BCUT2D eigenvalue weighted by Gasteiger charge is -1.93. The molecular formula is C15H13N. The van der Waals surface area contributed by atoms with Crippen molar-refractivity contribution in [3.05, 3.63) is 65.0 Å². The van der Waals surface area contributed by atoms with E-state index < -0.39 is 0 Å². The fraction of sp³-hybridized carbons (Fsp3) is 0.133. The number of hydrogen-bond acceptors (Lipinski definition) is 1. The van der Waals surface area contributed by atoms with Gasteiger partial charge in [0.1, 0.15) is 5.69 Å². The normalized spacial score (nSPS) is 9.38. The van der Waals surface area contributed by atoms with Gasteiger partial charge in [-0.05, 0) is 49.6 Å². The molecule has 1 aromatic heterocycles. The zero-order valence-corrected chi connectivity index (χ0v) is 9.49. The molecule has 78 valence electrons. The van der Waals surface area contributed by atoms with Gasteiger partial charge in [-0.1, -0.05) is 24.1 Å². The smallest absolute Gasteiger partial charge is 0.113 e. The van der Waals surface area contributed by atoms with Crippen molar-refractivity contribution in [2.24, 2.45) is 0 Å². The summed E-state index contributed by atoms with van der Waals surface area (Å²) in [6, 6.07) is 14.0. The van der Waals surface area contributed by atoms with Gasteiger partial charge >= 0.3 is 0 Å². The van der Waals surface area contributed by atoms with Crippen LogP contribution >= 0.6 is 0 Å². The Morgan fingerprint density at radius 3 is 2.50 bits per heavy atom. The predicted molar refractivity (Wildman–Crippen MR) is 66.1 cm³/mol. The average Bonchev–Trinajstić information content (AvgIpc) is 2.27. The molecule has 0 atom stereocenters. The quantitative estimate of drug-likeness (QED) is 0.605. The van der Waals surface area contributed by atoms with E-state index >= 15 is 0 Å². The molecule has 0 N–H and O–H groups in total. The summed E-state index contributed by atoms with van der Waals surface area (Å²) in [5.74, 6) is 6.18. The first-order valence-corrected chi connectivity index (χ1v) is 5.26. The molecule has 0 spiro atoms. The highest BCUT2D eigenvalue weighted by molar-refractivity contribution is 5.41. The number of nitrogens with zero attached hydrogens (tertiary/aromatic N) is 1. The van der Waals surface area contributed by atoms with Crippen LogP contribution in [0.15, 0.2) is 42.5 Å². The van der Waals surface area contributed by atoms with E-state index in [4.69, 9.17) is 0 Å². The fourth-order valence-corrected chi connectivity index (χ4v) is 1.47. The van der Waals surface area contributed by atoms with Crippen LogP contribution in [0.1, 0.15) is 22.5 Å². The topological polar surface area (TPSA) is 12.9 Å². The van der Waals surface area contributed by atoms with Crippen molar-refractivity contribution in [1.29, 1.82) is 0 Å². The molecule has 0 aliphatic carbocycles. The van der Waals surface area contributed by atoms with E-state index in [0.717, 1.165) is 17.0 Å². The van der Waals surface area contributed by atoms with Gasteiger partial charge in [0, 0.05) is 11.3 Å². The Morgan fingerprint density at radius 1 is 0.938 bits per heavy atom. The molecule has 1 heterocycles. The first-order valence-electron chi connectivity index (χ1n) is 5.26. The first-order chi connectivity index (χ1) is 7.74. The number of rotatable bonds is 0. The second-order valence-corrected chi connectivity index (χ2v) is 3.78. The molecule has 1 aromatic carbocycles. The van der Waals surface area contributed by atoms with Crippen LogP contribution in [0, 0.1) is 25.7 Å². The van der Waals surface area contributed by atoms with Gasteiger partial charge in [0.05, 0.1) is 0 Å². The van der Waals surface area contributed by atoms with E-state index in [1.807, 2.05) is 37.3 Å². The highest BCUT2D eigenvalue weighted by Crippen LogP contribution is 2.02. The Morgan fingerprint density at radius 2 is 1.75 bits per heavy atom. The first kappa shape index (κ1) is 10.4.